The van der Waals surface area contributed by atoms with E-state index in [0.29, 0.717) is 25.3 Å². The molecule has 1 amide bonds. The van der Waals surface area contributed by atoms with E-state index in [4.69, 9.17) is 4.74 Å². The summed E-state index contributed by atoms with van der Waals surface area (Å²) in [6, 6.07) is 1.88. The third kappa shape index (κ3) is 6.55. The molecule has 1 aromatic rings. The zero-order valence-electron chi connectivity index (χ0n) is 13.4. The molecule has 0 radical (unpaired) electrons. The van der Waals surface area contributed by atoms with Gasteiger partial charge in [-0.1, -0.05) is 0 Å². The molecule has 0 saturated heterocycles. The molecule has 6 nitrogen and oxygen atoms in total. The largest absolute Gasteiger partial charge is 0.385 e. The van der Waals surface area contributed by atoms with Crippen molar-refractivity contribution in [2.24, 2.45) is 0 Å². The Kier molecular flexibility index (Phi) is 7.71. The van der Waals surface area contributed by atoms with Gasteiger partial charge in [0.25, 0.3) is 5.91 Å². The Morgan fingerprint density at radius 2 is 2.14 bits per heavy atom. The van der Waals surface area contributed by atoms with E-state index in [2.05, 4.69) is 20.5 Å². The average Bonchev–Trinajstić information content (AvgIpc) is 2.42. The van der Waals surface area contributed by atoms with Gasteiger partial charge in [0.15, 0.2) is 0 Å². The van der Waals surface area contributed by atoms with Crippen LogP contribution in [0.15, 0.2) is 12.3 Å². The first-order valence-electron chi connectivity index (χ1n) is 7.25. The van der Waals surface area contributed by atoms with Crippen LogP contribution in [0.25, 0.3) is 0 Å². The highest BCUT2D eigenvalue weighted by Crippen LogP contribution is 2.15. The summed E-state index contributed by atoms with van der Waals surface area (Å²) < 4.78 is 5.44. The molecule has 2 N–H and O–H groups in total. The maximum absolute atomic E-state index is 12.1. The molecule has 21 heavy (non-hydrogen) atoms. The van der Waals surface area contributed by atoms with Gasteiger partial charge in [0.05, 0.1) is 24.5 Å². The molecular formula is C15H26N4O2. The van der Waals surface area contributed by atoms with Crippen LogP contribution in [-0.2, 0) is 4.74 Å². The lowest BCUT2D eigenvalue weighted by Crippen LogP contribution is -2.29. The number of carbonyl (C=O) groups excluding carboxylic acids is 1. The van der Waals surface area contributed by atoms with Crippen molar-refractivity contribution in [2.45, 2.75) is 13.8 Å². The second kappa shape index (κ2) is 9.31. The molecule has 0 saturated carbocycles. The number of nitrogens with zero attached hydrogens (tertiary/aromatic N) is 2. The van der Waals surface area contributed by atoms with Crippen LogP contribution < -0.4 is 10.6 Å². The van der Waals surface area contributed by atoms with Gasteiger partial charge in [-0.2, -0.15) is 0 Å². The van der Waals surface area contributed by atoms with Crippen LogP contribution in [0.4, 0.5) is 5.69 Å². The number of amides is 1. The number of likely N-dealkylation sites (N-methyl/N-ethyl adjacent to an activating group) is 1. The Bertz CT molecular complexity index is 449. The minimum atomic E-state index is -0.130. The number of nitrogens with one attached hydrogen (secondary N) is 2. The molecule has 0 aliphatic rings. The van der Waals surface area contributed by atoms with E-state index in [1.807, 2.05) is 34.0 Å². The lowest BCUT2D eigenvalue weighted by Gasteiger charge is -2.12. The van der Waals surface area contributed by atoms with Crippen LogP contribution in [0.5, 0.6) is 0 Å². The molecule has 0 bridgehead atoms. The number of anilines is 1. The summed E-state index contributed by atoms with van der Waals surface area (Å²) in [6.45, 7) is 7.20. The van der Waals surface area contributed by atoms with Crippen molar-refractivity contribution in [1.82, 2.24) is 15.2 Å². The van der Waals surface area contributed by atoms with Gasteiger partial charge in [0.1, 0.15) is 0 Å². The van der Waals surface area contributed by atoms with Crippen LogP contribution in [0.3, 0.4) is 0 Å². The molecule has 0 aliphatic carbocycles. The highest BCUT2D eigenvalue weighted by atomic mass is 16.5. The quantitative estimate of drug-likeness (QED) is 0.668. The molecule has 1 heterocycles. The van der Waals surface area contributed by atoms with Gasteiger partial charge in [-0.25, -0.2) is 0 Å². The van der Waals surface area contributed by atoms with Gasteiger partial charge in [-0.05, 0) is 34.0 Å². The Labute approximate surface area is 126 Å². The minimum Gasteiger partial charge on any atom is -0.385 e. The van der Waals surface area contributed by atoms with Gasteiger partial charge >= 0.3 is 0 Å². The predicted molar refractivity (Wildman–Crippen MR) is 84.8 cm³/mol. The molecular weight excluding hydrogens is 268 g/mol. The average molecular weight is 294 g/mol. The summed E-state index contributed by atoms with van der Waals surface area (Å²) in [7, 11) is 4.00. The summed E-state index contributed by atoms with van der Waals surface area (Å²) in [5.41, 5.74) is 2.27. The monoisotopic (exact) mass is 294 g/mol. The minimum absolute atomic E-state index is 0.130. The maximum atomic E-state index is 12.1. The smallest absolute Gasteiger partial charge is 0.255 e. The topological polar surface area (TPSA) is 66.5 Å². The number of pyridine rings is 1. The Morgan fingerprint density at radius 1 is 1.38 bits per heavy atom. The summed E-state index contributed by atoms with van der Waals surface area (Å²) in [6.07, 6.45) is 1.61. The van der Waals surface area contributed by atoms with Crippen LogP contribution >= 0.6 is 0 Å². The Hall–Kier alpha value is -1.66. The van der Waals surface area contributed by atoms with E-state index in [-0.39, 0.29) is 5.91 Å². The lowest BCUT2D eigenvalue weighted by molar-refractivity contribution is 0.0900. The molecule has 1 rings (SSSR count). The second-order valence-corrected chi connectivity index (χ2v) is 5.07. The van der Waals surface area contributed by atoms with Gasteiger partial charge < -0.3 is 20.3 Å². The summed E-state index contributed by atoms with van der Waals surface area (Å²) in [4.78, 5) is 18.4. The molecule has 0 fully saturated rings. The van der Waals surface area contributed by atoms with E-state index < -0.39 is 0 Å². The van der Waals surface area contributed by atoms with Crippen LogP contribution in [0.2, 0.25) is 0 Å². The second-order valence-electron chi connectivity index (χ2n) is 5.07. The highest BCUT2D eigenvalue weighted by Gasteiger charge is 2.11. The number of hydrogen-bond donors (Lipinski definition) is 2. The van der Waals surface area contributed by atoms with Crippen molar-refractivity contribution in [3.63, 3.8) is 0 Å². The first-order chi connectivity index (χ1) is 10.0. The molecule has 0 aromatic carbocycles. The van der Waals surface area contributed by atoms with Crippen molar-refractivity contribution < 1.29 is 9.53 Å². The molecule has 0 unspecified atom stereocenters. The SMILES string of the molecule is CCNc1cc(C)ncc1C(=O)NCCOCCN(C)C. The van der Waals surface area contributed by atoms with Crippen LogP contribution in [0.1, 0.15) is 23.0 Å². The van der Waals surface area contributed by atoms with Gasteiger partial charge in [0, 0.05) is 31.5 Å². The molecule has 6 heteroatoms. The Morgan fingerprint density at radius 3 is 2.81 bits per heavy atom. The zero-order valence-corrected chi connectivity index (χ0v) is 13.4. The number of ether oxygens (including phenoxy) is 1. The fraction of sp³-hybridized carbons (Fsp3) is 0.600. The van der Waals surface area contributed by atoms with E-state index in [1.165, 1.54) is 0 Å². The fourth-order valence-electron chi connectivity index (χ4n) is 1.76. The number of carbonyl (C=O) groups is 1. The first kappa shape index (κ1) is 17.4. The predicted octanol–water partition coefficient (Wildman–Crippen LogP) is 1.13. The van der Waals surface area contributed by atoms with Crippen LogP contribution in [-0.4, -0.2) is 62.7 Å². The molecule has 118 valence electrons. The summed E-state index contributed by atoms with van der Waals surface area (Å²) >= 11 is 0. The highest BCUT2D eigenvalue weighted by molar-refractivity contribution is 5.99. The standard InChI is InChI=1S/C15H26N4O2/c1-5-16-14-10-12(2)18-11-13(14)15(20)17-6-8-21-9-7-19(3)4/h10-11H,5-9H2,1-4H3,(H,16,18)(H,17,20). The van der Waals surface area contributed by atoms with Crippen molar-refractivity contribution in [1.29, 1.82) is 0 Å². The van der Waals surface area contributed by atoms with Gasteiger partial charge in [-0.3, -0.25) is 9.78 Å². The number of aromatic nitrogens is 1. The zero-order chi connectivity index (χ0) is 15.7. The third-order valence-electron chi connectivity index (χ3n) is 2.87. The number of aryl methyl sites for hydroxylation is 1. The van der Waals surface area contributed by atoms with Crippen molar-refractivity contribution in [3.05, 3.63) is 23.5 Å². The third-order valence-corrected chi connectivity index (χ3v) is 2.87. The number of hydrogen-bond acceptors (Lipinski definition) is 5. The maximum Gasteiger partial charge on any atom is 0.255 e. The molecule has 0 aliphatic heterocycles. The Balaban J connectivity index is 2.41. The van der Waals surface area contributed by atoms with E-state index in [0.717, 1.165) is 24.5 Å². The van der Waals surface area contributed by atoms with Crippen molar-refractivity contribution >= 4 is 11.6 Å². The first-order valence-corrected chi connectivity index (χ1v) is 7.25. The van der Waals surface area contributed by atoms with E-state index in [9.17, 15) is 4.79 Å². The van der Waals surface area contributed by atoms with E-state index >= 15 is 0 Å². The van der Waals surface area contributed by atoms with Crippen LogP contribution in [0, 0.1) is 6.92 Å². The van der Waals surface area contributed by atoms with Crippen molar-refractivity contribution in [3.8, 4) is 0 Å². The molecule has 1 aromatic heterocycles. The summed E-state index contributed by atoms with van der Waals surface area (Å²) in [5, 5.41) is 6.03. The van der Waals surface area contributed by atoms with Gasteiger partial charge in [-0.15, -0.1) is 0 Å². The fourth-order valence-corrected chi connectivity index (χ4v) is 1.76. The number of rotatable bonds is 9. The van der Waals surface area contributed by atoms with E-state index in [1.54, 1.807) is 6.20 Å². The lowest BCUT2D eigenvalue weighted by atomic mass is 10.2. The van der Waals surface area contributed by atoms with Gasteiger partial charge in [0.2, 0.25) is 0 Å². The van der Waals surface area contributed by atoms with Crippen molar-refractivity contribution in [2.75, 3.05) is 52.3 Å². The molecule has 0 atom stereocenters. The summed E-state index contributed by atoms with van der Waals surface area (Å²) in [5.74, 6) is -0.130. The molecule has 0 spiro atoms. The normalized spacial score (nSPS) is 10.7.